The third-order valence-corrected chi connectivity index (χ3v) is 5.92. The molecular formula is C22H27N5S. The minimum atomic E-state index is 0.527. The van der Waals surface area contributed by atoms with Crippen LogP contribution in [0.5, 0.6) is 0 Å². The van der Waals surface area contributed by atoms with E-state index in [9.17, 15) is 0 Å². The van der Waals surface area contributed by atoms with E-state index in [1.807, 2.05) is 6.07 Å². The largest absolute Gasteiger partial charge is 0.382 e. The second-order valence-corrected chi connectivity index (χ2v) is 8.52. The van der Waals surface area contributed by atoms with Crippen LogP contribution in [0.4, 0.5) is 5.82 Å². The van der Waals surface area contributed by atoms with Gasteiger partial charge in [0, 0.05) is 19.5 Å². The minimum Gasteiger partial charge on any atom is -0.382 e. The van der Waals surface area contributed by atoms with Gasteiger partial charge in [-0.1, -0.05) is 37.6 Å². The highest BCUT2D eigenvalue weighted by molar-refractivity contribution is 7.18. The maximum absolute atomic E-state index is 6.26. The van der Waals surface area contributed by atoms with Crippen molar-refractivity contribution in [1.29, 1.82) is 0 Å². The molecular weight excluding hydrogens is 366 g/mol. The van der Waals surface area contributed by atoms with Crippen LogP contribution in [-0.4, -0.2) is 33.5 Å². The van der Waals surface area contributed by atoms with E-state index in [-0.39, 0.29) is 0 Å². The van der Waals surface area contributed by atoms with E-state index in [0.717, 1.165) is 54.7 Å². The van der Waals surface area contributed by atoms with Gasteiger partial charge in [0.15, 0.2) is 5.82 Å². The van der Waals surface area contributed by atoms with E-state index in [2.05, 4.69) is 65.1 Å². The first-order valence-corrected chi connectivity index (χ1v) is 10.7. The van der Waals surface area contributed by atoms with Crippen LogP contribution in [0.25, 0.3) is 21.3 Å². The van der Waals surface area contributed by atoms with Gasteiger partial charge in [0.2, 0.25) is 0 Å². The average Bonchev–Trinajstić information content (AvgIpc) is 3.26. The van der Waals surface area contributed by atoms with Crippen molar-refractivity contribution in [1.82, 2.24) is 19.4 Å². The molecule has 0 spiro atoms. The molecule has 3 heterocycles. The Labute approximate surface area is 169 Å². The number of benzene rings is 1. The van der Waals surface area contributed by atoms with E-state index >= 15 is 0 Å². The summed E-state index contributed by atoms with van der Waals surface area (Å²) < 4.78 is 3.52. The predicted molar refractivity (Wildman–Crippen MR) is 119 cm³/mol. The summed E-state index contributed by atoms with van der Waals surface area (Å²) in [6.07, 6.45) is 3.22. The maximum atomic E-state index is 6.26. The third kappa shape index (κ3) is 3.62. The lowest BCUT2D eigenvalue weighted by Crippen LogP contribution is -2.10. The summed E-state index contributed by atoms with van der Waals surface area (Å²) in [5, 5.41) is 2.08. The van der Waals surface area contributed by atoms with E-state index in [1.165, 1.54) is 15.8 Å². The van der Waals surface area contributed by atoms with Gasteiger partial charge >= 0.3 is 0 Å². The highest BCUT2D eigenvalue weighted by Crippen LogP contribution is 2.33. The molecule has 0 saturated heterocycles. The van der Waals surface area contributed by atoms with Crippen LogP contribution in [0.15, 0.2) is 35.7 Å². The normalized spacial score (nSPS) is 11.9. The summed E-state index contributed by atoms with van der Waals surface area (Å²) in [5.74, 6) is 1.63. The van der Waals surface area contributed by atoms with E-state index in [1.54, 1.807) is 11.3 Å². The summed E-state index contributed by atoms with van der Waals surface area (Å²) >= 11 is 1.71. The highest BCUT2D eigenvalue weighted by Gasteiger charge is 2.18. The van der Waals surface area contributed by atoms with Crippen molar-refractivity contribution in [3.05, 3.63) is 52.7 Å². The van der Waals surface area contributed by atoms with Gasteiger partial charge < -0.3 is 15.2 Å². The number of pyridine rings is 1. The van der Waals surface area contributed by atoms with E-state index in [4.69, 9.17) is 10.7 Å². The number of nitrogen functional groups attached to an aromatic ring is 1. The molecule has 0 aliphatic rings. The molecule has 0 aliphatic heterocycles. The van der Waals surface area contributed by atoms with Gasteiger partial charge in [-0.2, -0.15) is 0 Å². The lowest BCUT2D eigenvalue weighted by molar-refractivity contribution is 0.402. The van der Waals surface area contributed by atoms with Crippen molar-refractivity contribution in [2.75, 3.05) is 19.8 Å². The van der Waals surface area contributed by atoms with Crippen LogP contribution in [0.3, 0.4) is 0 Å². The van der Waals surface area contributed by atoms with Gasteiger partial charge in [-0.25, -0.2) is 9.97 Å². The number of anilines is 1. The van der Waals surface area contributed by atoms with Crippen molar-refractivity contribution in [3.63, 3.8) is 0 Å². The monoisotopic (exact) mass is 393 g/mol. The molecule has 0 saturated carbocycles. The second kappa shape index (κ2) is 7.89. The zero-order valence-electron chi connectivity index (χ0n) is 16.8. The van der Waals surface area contributed by atoms with Crippen LogP contribution in [0, 0.1) is 0 Å². The Morgan fingerprint density at radius 2 is 1.82 bits per heavy atom. The molecule has 0 atom stereocenters. The number of hydrogen-bond donors (Lipinski definition) is 1. The van der Waals surface area contributed by atoms with Gasteiger partial charge in [0.1, 0.15) is 11.3 Å². The molecule has 4 rings (SSSR count). The fourth-order valence-electron chi connectivity index (χ4n) is 3.65. The van der Waals surface area contributed by atoms with Crippen molar-refractivity contribution in [3.8, 4) is 0 Å². The summed E-state index contributed by atoms with van der Waals surface area (Å²) in [4.78, 5) is 11.6. The Kier molecular flexibility index (Phi) is 5.33. The Morgan fingerprint density at radius 3 is 2.54 bits per heavy atom. The SMILES string of the molecule is CCCCc1nc2c(N)nc3ccsc3c2n1Cc1ccc(CN(C)C)cc1. The minimum absolute atomic E-state index is 0.527. The van der Waals surface area contributed by atoms with Gasteiger partial charge in [0.25, 0.3) is 0 Å². The van der Waals surface area contributed by atoms with E-state index in [0.29, 0.717) is 5.82 Å². The molecule has 0 fully saturated rings. The molecule has 1 aromatic carbocycles. The number of unbranched alkanes of at least 4 members (excludes halogenated alkanes) is 1. The number of hydrogen-bond acceptors (Lipinski definition) is 5. The van der Waals surface area contributed by atoms with Crippen molar-refractivity contribution in [2.24, 2.45) is 0 Å². The fraction of sp³-hybridized carbons (Fsp3) is 0.364. The topological polar surface area (TPSA) is 60.0 Å². The first-order chi connectivity index (χ1) is 13.6. The van der Waals surface area contributed by atoms with Crippen LogP contribution in [0.1, 0.15) is 36.7 Å². The molecule has 146 valence electrons. The molecule has 2 N–H and O–H groups in total. The smallest absolute Gasteiger partial charge is 0.152 e. The average molecular weight is 394 g/mol. The number of fused-ring (bicyclic) bond motifs is 3. The lowest BCUT2D eigenvalue weighted by atomic mass is 10.1. The van der Waals surface area contributed by atoms with Crippen LogP contribution < -0.4 is 5.73 Å². The predicted octanol–water partition coefficient (Wildman–Crippen LogP) is 4.68. The zero-order chi connectivity index (χ0) is 19.7. The number of aromatic nitrogens is 3. The molecule has 3 aromatic heterocycles. The number of nitrogens with two attached hydrogens (primary N) is 1. The van der Waals surface area contributed by atoms with Gasteiger partial charge in [-0.15, -0.1) is 11.3 Å². The number of thiophene rings is 1. The summed E-state index contributed by atoms with van der Waals surface area (Å²) in [7, 11) is 4.19. The summed E-state index contributed by atoms with van der Waals surface area (Å²) in [6, 6.07) is 10.9. The molecule has 0 amide bonds. The van der Waals surface area contributed by atoms with Crippen molar-refractivity contribution >= 4 is 38.4 Å². The first kappa shape index (κ1) is 18.9. The maximum Gasteiger partial charge on any atom is 0.152 e. The standard InChI is InChI=1S/C22H27N5S/c1-4-5-6-18-25-19-20(21-17(11-12-28-21)24-22(19)23)27(18)14-16-9-7-15(8-10-16)13-26(2)3/h7-12H,4-6,13-14H2,1-3H3,(H2,23,24). The lowest BCUT2D eigenvalue weighted by Gasteiger charge is -2.12. The molecule has 0 radical (unpaired) electrons. The summed E-state index contributed by atoms with van der Waals surface area (Å²) in [5.41, 5.74) is 11.8. The zero-order valence-corrected chi connectivity index (χ0v) is 17.6. The molecule has 5 nitrogen and oxygen atoms in total. The molecule has 6 heteroatoms. The number of aryl methyl sites for hydroxylation is 1. The quantitative estimate of drug-likeness (QED) is 0.495. The molecule has 4 aromatic rings. The van der Waals surface area contributed by atoms with Crippen LogP contribution >= 0.6 is 11.3 Å². The molecule has 28 heavy (non-hydrogen) atoms. The molecule has 0 bridgehead atoms. The third-order valence-electron chi connectivity index (χ3n) is 5.01. The van der Waals surface area contributed by atoms with Crippen LogP contribution in [-0.2, 0) is 19.5 Å². The molecule has 0 aliphatic carbocycles. The van der Waals surface area contributed by atoms with Gasteiger partial charge in [0.05, 0.1) is 15.7 Å². The Morgan fingerprint density at radius 1 is 1.07 bits per heavy atom. The Hall–Kier alpha value is -2.44. The van der Waals surface area contributed by atoms with Crippen LogP contribution in [0.2, 0.25) is 0 Å². The summed E-state index contributed by atoms with van der Waals surface area (Å²) in [6.45, 7) is 3.96. The van der Waals surface area contributed by atoms with Gasteiger partial charge in [-0.05, 0) is 43.1 Å². The molecule has 0 unspecified atom stereocenters. The highest BCUT2D eigenvalue weighted by atomic mass is 32.1. The first-order valence-electron chi connectivity index (χ1n) is 9.81. The Balaban J connectivity index is 1.79. The van der Waals surface area contributed by atoms with Crippen molar-refractivity contribution < 1.29 is 0 Å². The second-order valence-electron chi connectivity index (χ2n) is 7.60. The number of imidazole rings is 1. The number of rotatable bonds is 7. The van der Waals surface area contributed by atoms with Crippen molar-refractivity contribution in [2.45, 2.75) is 39.3 Å². The van der Waals surface area contributed by atoms with Gasteiger partial charge in [-0.3, -0.25) is 0 Å². The fourth-order valence-corrected chi connectivity index (χ4v) is 4.54. The number of nitrogens with zero attached hydrogens (tertiary/aromatic N) is 4. The Bertz CT molecular complexity index is 1090. The van der Waals surface area contributed by atoms with E-state index < -0.39 is 0 Å².